The quantitative estimate of drug-likeness (QED) is 0.600. The zero-order chi connectivity index (χ0) is 12.0. The Kier molecular flexibility index (Phi) is 5.39. The Balaban J connectivity index is 2.55. The van der Waals surface area contributed by atoms with Gasteiger partial charge in [0, 0.05) is 17.1 Å². The molecule has 2 unspecified atom stereocenters. The number of aromatic nitrogens is 1. The molecule has 0 aromatic carbocycles. The molecule has 2 nitrogen and oxygen atoms in total. The smallest absolute Gasteiger partial charge is 0.126 e. The molecule has 0 aliphatic rings. The minimum atomic E-state index is 0.408. The predicted octanol–water partition coefficient (Wildman–Crippen LogP) is 3.82. The molecule has 1 aromatic heterocycles. The highest BCUT2D eigenvalue weighted by Gasteiger charge is 2.10. The van der Waals surface area contributed by atoms with Crippen molar-refractivity contribution in [3.05, 3.63) is 31.0 Å². The van der Waals surface area contributed by atoms with Gasteiger partial charge in [-0.25, -0.2) is 4.98 Å². The lowest BCUT2D eigenvalue weighted by molar-refractivity contribution is 0.516. The summed E-state index contributed by atoms with van der Waals surface area (Å²) in [5, 5.41) is 3.41. The van der Waals surface area contributed by atoms with Gasteiger partial charge in [0.05, 0.1) is 0 Å². The van der Waals surface area contributed by atoms with Gasteiger partial charge in [-0.2, -0.15) is 0 Å². The van der Waals surface area contributed by atoms with Gasteiger partial charge in [0.15, 0.2) is 0 Å². The van der Waals surface area contributed by atoms with Crippen molar-refractivity contribution in [1.82, 2.24) is 4.98 Å². The van der Waals surface area contributed by atoms with Crippen LogP contribution in [0.3, 0.4) is 0 Å². The van der Waals surface area contributed by atoms with Crippen LogP contribution in [0.1, 0.15) is 20.3 Å². The van der Waals surface area contributed by atoms with E-state index in [-0.39, 0.29) is 0 Å². The van der Waals surface area contributed by atoms with Crippen LogP contribution in [0.15, 0.2) is 35.9 Å². The summed E-state index contributed by atoms with van der Waals surface area (Å²) in [6.07, 6.45) is 6.95. The maximum absolute atomic E-state index is 4.37. The van der Waals surface area contributed by atoms with E-state index < -0.39 is 0 Å². The van der Waals surface area contributed by atoms with Gasteiger partial charge in [0.25, 0.3) is 0 Å². The summed E-state index contributed by atoms with van der Waals surface area (Å²) in [5.74, 6) is 1.51. The van der Waals surface area contributed by atoms with Gasteiger partial charge in [-0.3, -0.25) is 0 Å². The van der Waals surface area contributed by atoms with Crippen molar-refractivity contribution in [3.8, 4) is 0 Å². The lowest BCUT2D eigenvalue weighted by Gasteiger charge is -2.20. The third-order valence-corrected chi connectivity index (χ3v) is 3.45. The fourth-order valence-corrected chi connectivity index (χ4v) is 1.79. The normalized spacial score (nSPS) is 14.2. The first-order valence-electron chi connectivity index (χ1n) is 5.54. The van der Waals surface area contributed by atoms with E-state index in [4.69, 9.17) is 0 Å². The SMILES string of the molecule is C=CCC(C)C(C)Nc1ccc(SC)cn1. The molecule has 0 saturated heterocycles. The van der Waals surface area contributed by atoms with Crippen LogP contribution in [0.5, 0.6) is 0 Å². The molecule has 88 valence electrons. The molecule has 0 radical (unpaired) electrons. The van der Waals surface area contributed by atoms with E-state index in [1.807, 2.05) is 18.3 Å². The van der Waals surface area contributed by atoms with Crippen molar-refractivity contribution in [2.45, 2.75) is 31.2 Å². The van der Waals surface area contributed by atoms with Gasteiger partial charge in [-0.05, 0) is 37.7 Å². The van der Waals surface area contributed by atoms with Crippen molar-refractivity contribution in [1.29, 1.82) is 0 Å². The van der Waals surface area contributed by atoms with E-state index in [2.05, 4.69) is 43.0 Å². The number of pyridine rings is 1. The predicted molar refractivity (Wildman–Crippen MR) is 73.1 cm³/mol. The van der Waals surface area contributed by atoms with Crippen LogP contribution in [0.4, 0.5) is 5.82 Å². The number of thioether (sulfide) groups is 1. The molecule has 0 bridgehead atoms. The lowest BCUT2D eigenvalue weighted by Crippen LogP contribution is -2.23. The average molecular weight is 236 g/mol. The largest absolute Gasteiger partial charge is 0.367 e. The fraction of sp³-hybridized carbons (Fsp3) is 0.462. The van der Waals surface area contributed by atoms with Crippen LogP contribution in [0.25, 0.3) is 0 Å². The van der Waals surface area contributed by atoms with Crippen molar-refractivity contribution in [2.24, 2.45) is 5.92 Å². The van der Waals surface area contributed by atoms with Crippen LogP contribution in [0.2, 0.25) is 0 Å². The van der Waals surface area contributed by atoms with Crippen molar-refractivity contribution in [2.75, 3.05) is 11.6 Å². The van der Waals surface area contributed by atoms with E-state index in [0.29, 0.717) is 12.0 Å². The maximum atomic E-state index is 4.37. The van der Waals surface area contributed by atoms with Crippen LogP contribution in [-0.2, 0) is 0 Å². The summed E-state index contributed by atoms with van der Waals surface area (Å²) < 4.78 is 0. The van der Waals surface area contributed by atoms with Gasteiger partial charge in [0.2, 0.25) is 0 Å². The first-order chi connectivity index (χ1) is 7.67. The Bertz CT molecular complexity index is 321. The van der Waals surface area contributed by atoms with Gasteiger partial charge in [0.1, 0.15) is 5.82 Å². The van der Waals surface area contributed by atoms with Gasteiger partial charge in [-0.1, -0.05) is 13.0 Å². The summed E-state index contributed by atoms with van der Waals surface area (Å²) in [6.45, 7) is 8.16. The average Bonchev–Trinajstić information content (AvgIpc) is 2.30. The molecule has 0 saturated carbocycles. The molecule has 3 heteroatoms. The fourth-order valence-electron chi connectivity index (χ4n) is 1.43. The first kappa shape index (κ1) is 13.1. The molecular formula is C13H20N2S. The third kappa shape index (κ3) is 3.89. The standard InChI is InChI=1S/C13H20N2S/c1-5-6-10(2)11(3)15-13-8-7-12(16-4)9-14-13/h5,7-11H,1,6H2,2-4H3,(H,14,15). The van der Waals surface area contributed by atoms with Gasteiger partial charge >= 0.3 is 0 Å². The van der Waals surface area contributed by atoms with Crippen LogP contribution >= 0.6 is 11.8 Å². The highest BCUT2D eigenvalue weighted by molar-refractivity contribution is 7.98. The zero-order valence-electron chi connectivity index (χ0n) is 10.2. The van der Waals surface area contributed by atoms with Crippen LogP contribution in [-0.4, -0.2) is 17.3 Å². The molecule has 0 fully saturated rings. The molecule has 0 aliphatic carbocycles. The van der Waals surface area contributed by atoms with Gasteiger partial charge < -0.3 is 5.32 Å². The summed E-state index contributed by atoms with van der Waals surface area (Å²) in [7, 11) is 0. The molecule has 0 spiro atoms. The van der Waals surface area contributed by atoms with Crippen molar-refractivity contribution >= 4 is 17.6 Å². The summed E-state index contributed by atoms with van der Waals surface area (Å²) >= 11 is 1.71. The summed E-state index contributed by atoms with van der Waals surface area (Å²) in [4.78, 5) is 5.57. The molecule has 16 heavy (non-hydrogen) atoms. The van der Waals surface area contributed by atoms with E-state index in [0.717, 1.165) is 12.2 Å². The number of hydrogen-bond acceptors (Lipinski definition) is 3. The Labute approximate surface area is 103 Å². The van der Waals surface area contributed by atoms with Gasteiger partial charge in [-0.15, -0.1) is 18.3 Å². The minimum absolute atomic E-state index is 0.408. The monoisotopic (exact) mass is 236 g/mol. The number of allylic oxidation sites excluding steroid dienone is 1. The molecule has 1 heterocycles. The second-order valence-electron chi connectivity index (χ2n) is 4.02. The second-order valence-corrected chi connectivity index (χ2v) is 4.90. The first-order valence-corrected chi connectivity index (χ1v) is 6.77. The zero-order valence-corrected chi connectivity index (χ0v) is 11.1. The lowest BCUT2D eigenvalue weighted by atomic mass is 10.00. The Morgan fingerprint density at radius 2 is 2.25 bits per heavy atom. The second kappa shape index (κ2) is 6.59. The van der Waals surface area contributed by atoms with E-state index >= 15 is 0 Å². The number of nitrogens with zero attached hydrogens (tertiary/aromatic N) is 1. The highest BCUT2D eigenvalue weighted by atomic mass is 32.2. The van der Waals surface area contributed by atoms with Crippen LogP contribution in [0, 0.1) is 5.92 Å². The number of anilines is 1. The Morgan fingerprint density at radius 1 is 1.50 bits per heavy atom. The van der Waals surface area contributed by atoms with E-state index in [1.54, 1.807) is 11.8 Å². The molecule has 0 aliphatic heterocycles. The molecule has 2 atom stereocenters. The minimum Gasteiger partial charge on any atom is -0.367 e. The summed E-state index contributed by atoms with van der Waals surface area (Å²) in [6, 6.07) is 4.53. The maximum Gasteiger partial charge on any atom is 0.126 e. The van der Waals surface area contributed by atoms with Crippen molar-refractivity contribution in [3.63, 3.8) is 0 Å². The molecule has 1 aromatic rings. The molecule has 1 N–H and O–H groups in total. The highest BCUT2D eigenvalue weighted by Crippen LogP contribution is 2.17. The topological polar surface area (TPSA) is 24.9 Å². The number of hydrogen-bond donors (Lipinski definition) is 1. The third-order valence-electron chi connectivity index (χ3n) is 2.74. The van der Waals surface area contributed by atoms with E-state index in [1.165, 1.54) is 4.90 Å². The molecule has 1 rings (SSSR count). The number of nitrogens with one attached hydrogen (secondary N) is 1. The number of rotatable bonds is 6. The molecular weight excluding hydrogens is 216 g/mol. The van der Waals surface area contributed by atoms with Crippen LogP contribution < -0.4 is 5.32 Å². The Morgan fingerprint density at radius 3 is 2.75 bits per heavy atom. The van der Waals surface area contributed by atoms with Crippen molar-refractivity contribution < 1.29 is 0 Å². The Hall–Kier alpha value is -0.960. The summed E-state index contributed by atoms with van der Waals surface area (Å²) in [5.41, 5.74) is 0. The van der Waals surface area contributed by atoms with E-state index in [9.17, 15) is 0 Å². The molecule has 0 amide bonds.